The molecular formula is C10H18N4O. The zero-order valence-electron chi connectivity index (χ0n) is 9.35. The fourth-order valence-electron chi connectivity index (χ4n) is 1.96. The number of rotatable bonds is 2. The van der Waals surface area contributed by atoms with Gasteiger partial charge >= 0.3 is 0 Å². The number of nitrogens with zero attached hydrogens (tertiary/aromatic N) is 4. The standard InChI is InChI=1S/C10H18N4O/c1-8-11-12-10(13(8)2)7-14-5-3-4-9(15)6-14/h9,15H,3-7H2,1-2H3. The number of β-amino-alcohol motifs (C(OH)–C–C–N with tert-alkyl or cyclic N) is 1. The van der Waals surface area contributed by atoms with Crippen molar-refractivity contribution in [2.45, 2.75) is 32.4 Å². The van der Waals surface area contributed by atoms with Crippen LogP contribution >= 0.6 is 0 Å². The van der Waals surface area contributed by atoms with Crippen molar-refractivity contribution in [2.24, 2.45) is 7.05 Å². The van der Waals surface area contributed by atoms with Gasteiger partial charge in [-0.1, -0.05) is 0 Å². The number of hydrogen-bond donors (Lipinski definition) is 1. The van der Waals surface area contributed by atoms with Crippen molar-refractivity contribution in [1.82, 2.24) is 19.7 Å². The molecule has 1 aliphatic heterocycles. The molecule has 2 rings (SSSR count). The van der Waals surface area contributed by atoms with Crippen molar-refractivity contribution < 1.29 is 5.11 Å². The van der Waals surface area contributed by atoms with E-state index in [4.69, 9.17) is 0 Å². The molecule has 0 saturated carbocycles. The van der Waals surface area contributed by atoms with Gasteiger partial charge in [-0.15, -0.1) is 10.2 Å². The van der Waals surface area contributed by atoms with Crippen LogP contribution in [0.3, 0.4) is 0 Å². The highest BCUT2D eigenvalue weighted by Gasteiger charge is 2.19. The van der Waals surface area contributed by atoms with Gasteiger partial charge in [-0.2, -0.15) is 0 Å². The molecule has 2 heterocycles. The second kappa shape index (κ2) is 4.28. The molecule has 84 valence electrons. The van der Waals surface area contributed by atoms with E-state index in [0.717, 1.165) is 44.1 Å². The van der Waals surface area contributed by atoms with Crippen LogP contribution in [0.15, 0.2) is 0 Å². The van der Waals surface area contributed by atoms with Gasteiger partial charge in [0.2, 0.25) is 0 Å². The van der Waals surface area contributed by atoms with Gasteiger partial charge in [0, 0.05) is 13.6 Å². The lowest BCUT2D eigenvalue weighted by molar-refractivity contribution is 0.0650. The second-order valence-corrected chi connectivity index (χ2v) is 4.25. The van der Waals surface area contributed by atoms with Crippen molar-refractivity contribution >= 4 is 0 Å². The Morgan fingerprint density at radius 2 is 2.27 bits per heavy atom. The van der Waals surface area contributed by atoms with Gasteiger partial charge < -0.3 is 9.67 Å². The van der Waals surface area contributed by atoms with Crippen LogP contribution in [-0.4, -0.2) is 44.0 Å². The van der Waals surface area contributed by atoms with Crippen LogP contribution in [0.5, 0.6) is 0 Å². The summed E-state index contributed by atoms with van der Waals surface area (Å²) in [5.41, 5.74) is 0. The molecule has 1 N–H and O–H groups in total. The number of aryl methyl sites for hydroxylation is 1. The summed E-state index contributed by atoms with van der Waals surface area (Å²) in [6, 6.07) is 0. The summed E-state index contributed by atoms with van der Waals surface area (Å²) >= 11 is 0. The molecule has 1 aliphatic rings. The summed E-state index contributed by atoms with van der Waals surface area (Å²) in [7, 11) is 1.98. The van der Waals surface area contributed by atoms with Crippen molar-refractivity contribution in [3.63, 3.8) is 0 Å². The Bertz CT molecular complexity index is 336. The lowest BCUT2D eigenvalue weighted by atomic mass is 10.1. The molecular weight excluding hydrogens is 192 g/mol. The molecule has 1 fully saturated rings. The Morgan fingerprint density at radius 1 is 1.47 bits per heavy atom. The predicted octanol–water partition coefficient (Wildman–Crippen LogP) is 0.0802. The number of hydrogen-bond acceptors (Lipinski definition) is 4. The first-order valence-electron chi connectivity index (χ1n) is 5.42. The van der Waals surface area contributed by atoms with E-state index >= 15 is 0 Å². The topological polar surface area (TPSA) is 54.2 Å². The van der Waals surface area contributed by atoms with Crippen LogP contribution in [0.2, 0.25) is 0 Å². The van der Waals surface area contributed by atoms with Crippen molar-refractivity contribution in [3.05, 3.63) is 11.6 Å². The third-order valence-electron chi connectivity index (χ3n) is 3.03. The summed E-state index contributed by atoms with van der Waals surface area (Å²) < 4.78 is 2.00. The van der Waals surface area contributed by atoms with Gasteiger partial charge in [-0.3, -0.25) is 4.90 Å². The van der Waals surface area contributed by atoms with E-state index in [9.17, 15) is 5.11 Å². The highest BCUT2D eigenvalue weighted by Crippen LogP contribution is 2.12. The summed E-state index contributed by atoms with van der Waals surface area (Å²) in [5, 5.41) is 17.7. The fourth-order valence-corrected chi connectivity index (χ4v) is 1.96. The van der Waals surface area contributed by atoms with Gasteiger partial charge in [0.15, 0.2) is 0 Å². The second-order valence-electron chi connectivity index (χ2n) is 4.25. The monoisotopic (exact) mass is 210 g/mol. The smallest absolute Gasteiger partial charge is 0.146 e. The first-order valence-corrected chi connectivity index (χ1v) is 5.42. The van der Waals surface area contributed by atoms with E-state index in [1.165, 1.54) is 0 Å². The first kappa shape index (κ1) is 10.6. The maximum absolute atomic E-state index is 9.55. The number of likely N-dealkylation sites (tertiary alicyclic amines) is 1. The Kier molecular flexibility index (Phi) is 3.02. The minimum Gasteiger partial charge on any atom is -0.392 e. The van der Waals surface area contributed by atoms with E-state index in [1.54, 1.807) is 0 Å². The quantitative estimate of drug-likeness (QED) is 0.751. The zero-order chi connectivity index (χ0) is 10.8. The Labute approximate surface area is 89.7 Å². The molecule has 0 amide bonds. The van der Waals surface area contributed by atoms with Crippen LogP contribution in [0.4, 0.5) is 0 Å². The van der Waals surface area contributed by atoms with Crippen molar-refractivity contribution in [1.29, 1.82) is 0 Å². The molecule has 1 atom stereocenters. The van der Waals surface area contributed by atoms with Crippen LogP contribution in [0, 0.1) is 6.92 Å². The fraction of sp³-hybridized carbons (Fsp3) is 0.800. The maximum atomic E-state index is 9.55. The van der Waals surface area contributed by atoms with E-state index in [0.29, 0.717) is 0 Å². The minimum atomic E-state index is -0.173. The average Bonchev–Trinajstić information content (AvgIpc) is 2.50. The van der Waals surface area contributed by atoms with Crippen molar-refractivity contribution in [2.75, 3.05) is 13.1 Å². The SMILES string of the molecule is Cc1nnc(CN2CCCC(O)C2)n1C. The average molecular weight is 210 g/mol. The predicted molar refractivity (Wildman–Crippen MR) is 56.3 cm³/mol. The molecule has 1 aromatic heterocycles. The van der Waals surface area contributed by atoms with Crippen LogP contribution < -0.4 is 0 Å². The van der Waals surface area contributed by atoms with Crippen molar-refractivity contribution in [3.8, 4) is 0 Å². The van der Waals surface area contributed by atoms with Gasteiger partial charge in [-0.25, -0.2) is 0 Å². The van der Waals surface area contributed by atoms with E-state index in [1.807, 2.05) is 18.5 Å². The lowest BCUT2D eigenvalue weighted by Gasteiger charge is -2.29. The molecule has 0 aromatic carbocycles. The van der Waals surface area contributed by atoms with Crippen LogP contribution in [0.1, 0.15) is 24.5 Å². The normalized spacial score (nSPS) is 23.3. The lowest BCUT2D eigenvalue weighted by Crippen LogP contribution is -2.38. The number of aliphatic hydroxyl groups excluding tert-OH is 1. The summed E-state index contributed by atoms with van der Waals surface area (Å²) in [4.78, 5) is 2.23. The molecule has 1 aromatic rings. The first-order chi connectivity index (χ1) is 7.16. The molecule has 0 aliphatic carbocycles. The van der Waals surface area contributed by atoms with Gasteiger partial charge in [-0.05, 0) is 26.3 Å². The zero-order valence-corrected chi connectivity index (χ0v) is 9.35. The number of aromatic nitrogens is 3. The summed E-state index contributed by atoms with van der Waals surface area (Å²) in [5.74, 6) is 1.91. The Balaban J connectivity index is 1.99. The molecule has 1 unspecified atom stereocenters. The van der Waals surface area contributed by atoms with E-state index in [-0.39, 0.29) is 6.10 Å². The molecule has 15 heavy (non-hydrogen) atoms. The molecule has 5 nitrogen and oxygen atoms in total. The molecule has 5 heteroatoms. The van der Waals surface area contributed by atoms with Gasteiger partial charge in [0.25, 0.3) is 0 Å². The van der Waals surface area contributed by atoms with Gasteiger partial charge in [0.05, 0.1) is 12.6 Å². The summed E-state index contributed by atoms with van der Waals surface area (Å²) in [6.07, 6.45) is 1.82. The van der Waals surface area contributed by atoms with E-state index in [2.05, 4.69) is 15.1 Å². The third-order valence-corrected chi connectivity index (χ3v) is 3.03. The largest absolute Gasteiger partial charge is 0.392 e. The highest BCUT2D eigenvalue weighted by molar-refractivity contribution is 4.93. The molecule has 0 radical (unpaired) electrons. The van der Waals surface area contributed by atoms with Gasteiger partial charge in [0.1, 0.15) is 11.6 Å². The maximum Gasteiger partial charge on any atom is 0.146 e. The molecule has 0 bridgehead atoms. The Morgan fingerprint density at radius 3 is 2.87 bits per heavy atom. The third kappa shape index (κ3) is 2.35. The minimum absolute atomic E-state index is 0.173. The molecule has 1 saturated heterocycles. The highest BCUT2D eigenvalue weighted by atomic mass is 16.3. The Hall–Kier alpha value is -0.940. The summed E-state index contributed by atoms with van der Waals surface area (Å²) in [6.45, 7) is 4.53. The molecule has 0 spiro atoms. The van der Waals surface area contributed by atoms with Crippen LogP contribution in [-0.2, 0) is 13.6 Å². The number of piperidine rings is 1. The number of aliphatic hydroxyl groups is 1. The van der Waals surface area contributed by atoms with E-state index < -0.39 is 0 Å². The van der Waals surface area contributed by atoms with Crippen LogP contribution in [0.25, 0.3) is 0 Å².